The van der Waals surface area contributed by atoms with Gasteiger partial charge >= 0.3 is 0 Å². The minimum atomic E-state index is 0.0150. The summed E-state index contributed by atoms with van der Waals surface area (Å²) in [7, 11) is 0. The lowest BCUT2D eigenvalue weighted by Gasteiger charge is -2.35. The lowest BCUT2D eigenvalue weighted by atomic mass is 9.80. The first-order chi connectivity index (χ1) is 6.18. The SMILES string of the molecule is CC1=COC2CCC(Cl)CC2C1=O. The number of Topliss-reactive ketones (excluding diaryl/α,β-unsaturated/α-hetero) is 1. The van der Waals surface area contributed by atoms with Crippen molar-refractivity contribution < 1.29 is 9.53 Å². The second-order valence-corrected chi connectivity index (χ2v) is 4.47. The molecule has 1 aliphatic heterocycles. The largest absolute Gasteiger partial charge is 0.497 e. The molecule has 2 rings (SSSR count). The van der Waals surface area contributed by atoms with Crippen LogP contribution in [-0.2, 0) is 9.53 Å². The van der Waals surface area contributed by atoms with Crippen LogP contribution < -0.4 is 0 Å². The first kappa shape index (κ1) is 9.07. The number of halogens is 1. The number of allylic oxidation sites excluding steroid dienone is 1. The van der Waals surface area contributed by atoms with E-state index >= 15 is 0 Å². The smallest absolute Gasteiger partial charge is 0.168 e. The highest BCUT2D eigenvalue weighted by Crippen LogP contribution is 2.34. The predicted octanol–water partition coefficient (Wildman–Crippen LogP) is 2.27. The van der Waals surface area contributed by atoms with E-state index in [1.165, 1.54) is 0 Å². The Kier molecular flexibility index (Phi) is 2.33. The highest BCUT2D eigenvalue weighted by molar-refractivity contribution is 6.20. The van der Waals surface area contributed by atoms with Crippen LogP contribution in [0.15, 0.2) is 11.8 Å². The average molecular weight is 201 g/mol. The summed E-state index contributed by atoms with van der Waals surface area (Å²) in [5.41, 5.74) is 0.729. The van der Waals surface area contributed by atoms with Crippen LogP contribution in [-0.4, -0.2) is 17.3 Å². The second kappa shape index (κ2) is 3.33. The fourth-order valence-electron chi connectivity index (χ4n) is 2.07. The van der Waals surface area contributed by atoms with Gasteiger partial charge in [-0.3, -0.25) is 4.79 Å². The topological polar surface area (TPSA) is 26.3 Å². The second-order valence-electron chi connectivity index (χ2n) is 3.86. The number of hydrogen-bond acceptors (Lipinski definition) is 2. The molecule has 0 N–H and O–H groups in total. The quantitative estimate of drug-likeness (QED) is 0.561. The van der Waals surface area contributed by atoms with Gasteiger partial charge in [-0.25, -0.2) is 0 Å². The highest BCUT2D eigenvalue weighted by Gasteiger charge is 2.38. The zero-order valence-electron chi connectivity index (χ0n) is 7.63. The van der Waals surface area contributed by atoms with Crippen molar-refractivity contribution in [3.63, 3.8) is 0 Å². The molecule has 0 aromatic carbocycles. The minimum Gasteiger partial charge on any atom is -0.497 e. The molecule has 0 saturated heterocycles. The zero-order valence-corrected chi connectivity index (χ0v) is 8.38. The third-order valence-corrected chi connectivity index (χ3v) is 3.26. The van der Waals surface area contributed by atoms with Crippen molar-refractivity contribution in [3.8, 4) is 0 Å². The van der Waals surface area contributed by atoms with E-state index in [9.17, 15) is 4.79 Å². The highest BCUT2D eigenvalue weighted by atomic mass is 35.5. The number of ether oxygens (including phenoxy) is 1. The third kappa shape index (κ3) is 1.60. The molecule has 1 saturated carbocycles. The van der Waals surface area contributed by atoms with Crippen LogP contribution >= 0.6 is 11.6 Å². The van der Waals surface area contributed by atoms with Crippen molar-refractivity contribution in [1.29, 1.82) is 0 Å². The molecule has 0 aromatic heterocycles. The monoisotopic (exact) mass is 200 g/mol. The van der Waals surface area contributed by atoms with E-state index in [1.807, 2.05) is 0 Å². The molecule has 1 fully saturated rings. The van der Waals surface area contributed by atoms with Gasteiger partial charge in [0.05, 0.1) is 12.2 Å². The van der Waals surface area contributed by atoms with Crippen LogP contribution in [0.3, 0.4) is 0 Å². The number of rotatable bonds is 0. The summed E-state index contributed by atoms with van der Waals surface area (Å²) in [6.07, 6.45) is 4.33. The summed E-state index contributed by atoms with van der Waals surface area (Å²) in [6, 6.07) is 0. The standard InChI is InChI=1S/C10H13ClO2/c1-6-5-13-9-3-2-7(11)4-8(9)10(6)12/h5,7-9H,2-4H2,1H3. The maximum atomic E-state index is 11.7. The van der Waals surface area contributed by atoms with Crippen molar-refractivity contribution in [2.24, 2.45) is 5.92 Å². The van der Waals surface area contributed by atoms with Gasteiger partial charge in [-0.05, 0) is 26.2 Å². The molecule has 3 heteroatoms. The van der Waals surface area contributed by atoms with Gasteiger partial charge in [-0.2, -0.15) is 0 Å². The van der Waals surface area contributed by atoms with E-state index < -0.39 is 0 Å². The van der Waals surface area contributed by atoms with Gasteiger partial charge in [0.15, 0.2) is 5.78 Å². The molecule has 3 unspecified atom stereocenters. The van der Waals surface area contributed by atoms with Crippen molar-refractivity contribution in [1.82, 2.24) is 0 Å². The van der Waals surface area contributed by atoms with Gasteiger partial charge < -0.3 is 4.74 Å². The van der Waals surface area contributed by atoms with E-state index in [-0.39, 0.29) is 23.2 Å². The Labute approximate surface area is 82.9 Å². The molecule has 1 heterocycles. The Morgan fingerprint density at radius 1 is 1.54 bits per heavy atom. The van der Waals surface area contributed by atoms with E-state index in [4.69, 9.17) is 16.3 Å². The van der Waals surface area contributed by atoms with Crippen LogP contribution in [0, 0.1) is 5.92 Å². The lowest BCUT2D eigenvalue weighted by molar-refractivity contribution is -0.126. The van der Waals surface area contributed by atoms with Gasteiger partial charge in [-0.15, -0.1) is 11.6 Å². The normalized spacial score (nSPS) is 39.1. The van der Waals surface area contributed by atoms with Crippen LogP contribution in [0.2, 0.25) is 0 Å². The van der Waals surface area contributed by atoms with Crippen molar-refractivity contribution in [2.75, 3.05) is 0 Å². The van der Waals surface area contributed by atoms with Gasteiger partial charge in [0, 0.05) is 11.0 Å². The number of fused-ring (bicyclic) bond motifs is 1. The molecule has 3 atom stereocenters. The number of hydrogen-bond donors (Lipinski definition) is 0. The average Bonchev–Trinajstić information content (AvgIpc) is 2.12. The first-order valence-electron chi connectivity index (χ1n) is 4.69. The summed E-state index contributed by atoms with van der Waals surface area (Å²) >= 11 is 6.02. The van der Waals surface area contributed by atoms with E-state index in [0.29, 0.717) is 0 Å². The fourth-order valence-corrected chi connectivity index (χ4v) is 2.39. The molecule has 2 aliphatic rings. The van der Waals surface area contributed by atoms with Crippen LogP contribution in [0.4, 0.5) is 0 Å². The first-order valence-corrected chi connectivity index (χ1v) is 5.12. The number of carbonyl (C=O) groups is 1. The number of carbonyl (C=O) groups excluding carboxylic acids is 1. The van der Waals surface area contributed by atoms with E-state index in [0.717, 1.165) is 24.8 Å². The molecule has 0 bridgehead atoms. The predicted molar refractivity (Wildman–Crippen MR) is 50.6 cm³/mol. The van der Waals surface area contributed by atoms with E-state index in [1.54, 1.807) is 13.2 Å². The van der Waals surface area contributed by atoms with Gasteiger partial charge in [0.2, 0.25) is 0 Å². The summed E-state index contributed by atoms with van der Waals surface area (Å²) in [4.78, 5) is 11.7. The Morgan fingerprint density at radius 2 is 2.31 bits per heavy atom. The molecule has 72 valence electrons. The lowest BCUT2D eigenvalue weighted by Crippen LogP contribution is -2.39. The Hall–Kier alpha value is -0.500. The van der Waals surface area contributed by atoms with Crippen molar-refractivity contribution >= 4 is 17.4 Å². The van der Waals surface area contributed by atoms with E-state index in [2.05, 4.69) is 0 Å². The Balaban J connectivity index is 2.17. The minimum absolute atomic E-state index is 0.0150. The maximum Gasteiger partial charge on any atom is 0.168 e. The molecule has 1 aliphatic carbocycles. The fraction of sp³-hybridized carbons (Fsp3) is 0.700. The summed E-state index contributed by atoms with van der Waals surface area (Å²) in [5.74, 6) is 0.239. The van der Waals surface area contributed by atoms with Gasteiger partial charge in [-0.1, -0.05) is 0 Å². The molecule has 2 nitrogen and oxygen atoms in total. The van der Waals surface area contributed by atoms with Crippen molar-refractivity contribution in [2.45, 2.75) is 37.7 Å². The molecule has 0 radical (unpaired) electrons. The van der Waals surface area contributed by atoms with Gasteiger partial charge in [0.1, 0.15) is 6.10 Å². The van der Waals surface area contributed by atoms with Crippen LogP contribution in [0.25, 0.3) is 0 Å². The van der Waals surface area contributed by atoms with Crippen LogP contribution in [0.1, 0.15) is 26.2 Å². The Bertz CT molecular complexity index is 260. The molecular weight excluding hydrogens is 188 g/mol. The number of alkyl halides is 1. The van der Waals surface area contributed by atoms with Crippen LogP contribution in [0.5, 0.6) is 0 Å². The van der Waals surface area contributed by atoms with Crippen molar-refractivity contribution in [3.05, 3.63) is 11.8 Å². The molecular formula is C10H13ClO2. The zero-order chi connectivity index (χ0) is 9.42. The molecule has 13 heavy (non-hydrogen) atoms. The number of ketones is 1. The molecule has 0 spiro atoms. The van der Waals surface area contributed by atoms with Gasteiger partial charge in [0.25, 0.3) is 0 Å². The Morgan fingerprint density at radius 3 is 3.08 bits per heavy atom. The summed E-state index contributed by atoms with van der Waals surface area (Å²) in [5, 5.41) is 0.152. The third-order valence-electron chi connectivity index (χ3n) is 2.87. The maximum absolute atomic E-state index is 11.7. The summed E-state index contributed by atoms with van der Waals surface area (Å²) < 4.78 is 5.47. The summed E-state index contributed by atoms with van der Waals surface area (Å²) in [6.45, 7) is 1.80. The molecule has 0 amide bonds. The molecule has 0 aromatic rings.